The average molecular weight is 408 g/mol. The monoisotopic (exact) mass is 408 g/mol. The highest BCUT2D eigenvalue weighted by Gasteiger charge is 2.29. The molecule has 0 aromatic carbocycles. The molecule has 0 spiro atoms. The zero-order valence-electron chi connectivity index (χ0n) is 16.0. The molecule has 2 amide bonds. The maximum absolute atomic E-state index is 12.3. The number of halogens is 3. The lowest BCUT2D eigenvalue weighted by Gasteiger charge is -2.11. The average Bonchev–Trinajstić information content (AvgIpc) is 3.03. The van der Waals surface area contributed by atoms with Gasteiger partial charge >= 0.3 is 12.2 Å². The van der Waals surface area contributed by atoms with Gasteiger partial charge in [0.15, 0.2) is 6.61 Å². The molecule has 0 bridgehead atoms. The van der Waals surface area contributed by atoms with Gasteiger partial charge in [-0.2, -0.15) is 18.3 Å². The summed E-state index contributed by atoms with van der Waals surface area (Å²) in [6.45, 7) is 0.572. The molecule has 3 rings (SSSR count). The minimum Gasteiger partial charge on any atom is -0.468 e. The number of rotatable bonds is 5. The molecule has 29 heavy (non-hydrogen) atoms. The predicted octanol–water partition coefficient (Wildman–Crippen LogP) is 3.22. The number of ether oxygens (including phenoxy) is 1. The number of amides is 2. The van der Waals surface area contributed by atoms with Gasteiger partial charge in [-0.25, -0.2) is 14.8 Å². The summed E-state index contributed by atoms with van der Waals surface area (Å²) in [5.41, 5.74) is 1.87. The second-order valence-corrected chi connectivity index (χ2v) is 6.61. The molecular weight excluding hydrogens is 389 g/mol. The summed E-state index contributed by atoms with van der Waals surface area (Å²) in [6.07, 6.45) is 0.300. The van der Waals surface area contributed by atoms with Crippen LogP contribution >= 0.6 is 0 Å². The molecule has 0 aliphatic carbocycles. The molecule has 8 nitrogen and oxygen atoms in total. The van der Waals surface area contributed by atoms with E-state index in [0.29, 0.717) is 28.8 Å². The van der Waals surface area contributed by atoms with Crippen LogP contribution in [0.3, 0.4) is 0 Å². The van der Waals surface area contributed by atoms with Crippen molar-refractivity contribution < 1.29 is 22.7 Å². The number of alkyl halides is 3. The number of pyridine rings is 2. The molecule has 0 aliphatic rings. The molecule has 0 atom stereocenters. The van der Waals surface area contributed by atoms with Crippen molar-refractivity contribution in [2.75, 3.05) is 26.0 Å². The topological polar surface area (TPSA) is 85.2 Å². The minimum atomic E-state index is -4.42. The first-order valence-corrected chi connectivity index (χ1v) is 8.58. The van der Waals surface area contributed by atoms with Gasteiger partial charge in [-0.3, -0.25) is 10.00 Å². The lowest BCUT2D eigenvalue weighted by molar-refractivity contribution is -0.154. The summed E-state index contributed by atoms with van der Waals surface area (Å²) < 4.78 is 43.3. The number of carbonyl (C=O) groups excluding carboxylic acids is 1. The molecule has 0 unspecified atom stereocenters. The van der Waals surface area contributed by atoms with Gasteiger partial charge in [0, 0.05) is 38.2 Å². The lowest BCUT2D eigenvalue weighted by atomic mass is 10.2. The van der Waals surface area contributed by atoms with E-state index in [9.17, 15) is 18.0 Å². The van der Waals surface area contributed by atoms with E-state index in [1.54, 1.807) is 50.2 Å². The Morgan fingerprint density at radius 2 is 2.07 bits per heavy atom. The number of hydrogen-bond donors (Lipinski definition) is 1. The number of nitrogens with zero attached hydrogens (tertiary/aromatic N) is 5. The fourth-order valence-electron chi connectivity index (χ4n) is 2.58. The van der Waals surface area contributed by atoms with Crippen LogP contribution < -0.4 is 10.1 Å². The number of urea groups is 1. The van der Waals surface area contributed by atoms with Crippen LogP contribution in [0.15, 0.2) is 30.7 Å². The lowest BCUT2D eigenvalue weighted by Crippen LogP contribution is -2.27. The number of carbonyl (C=O) groups is 1. The van der Waals surface area contributed by atoms with Gasteiger partial charge in [-0.05, 0) is 24.6 Å². The largest absolute Gasteiger partial charge is 0.468 e. The van der Waals surface area contributed by atoms with Gasteiger partial charge in [0.2, 0.25) is 5.88 Å². The molecule has 0 saturated carbocycles. The van der Waals surface area contributed by atoms with Crippen LogP contribution in [0.1, 0.15) is 11.1 Å². The smallest absolute Gasteiger partial charge is 0.422 e. The predicted molar refractivity (Wildman–Crippen MR) is 99.9 cm³/mol. The summed E-state index contributed by atoms with van der Waals surface area (Å²) >= 11 is 0. The second-order valence-electron chi connectivity index (χ2n) is 6.61. The molecule has 0 fully saturated rings. The van der Waals surface area contributed by atoms with Crippen molar-refractivity contribution in [3.63, 3.8) is 0 Å². The molecule has 11 heteroatoms. The molecule has 3 aromatic rings. The fourth-order valence-corrected chi connectivity index (χ4v) is 2.58. The van der Waals surface area contributed by atoms with E-state index in [0.717, 1.165) is 5.56 Å². The third-order valence-electron chi connectivity index (χ3n) is 3.92. The number of fused-ring (bicyclic) bond motifs is 1. The van der Waals surface area contributed by atoms with Crippen LogP contribution in [0.5, 0.6) is 5.88 Å². The van der Waals surface area contributed by atoms with Crippen molar-refractivity contribution in [2.45, 2.75) is 19.6 Å². The number of nitrogens with one attached hydrogen (secondary N) is 1. The van der Waals surface area contributed by atoms with Crippen LogP contribution in [-0.2, 0) is 6.54 Å². The first kappa shape index (κ1) is 20.4. The molecule has 3 aromatic heterocycles. The quantitative estimate of drug-likeness (QED) is 0.701. The van der Waals surface area contributed by atoms with Crippen molar-refractivity contribution >= 4 is 22.8 Å². The molecule has 0 aliphatic heterocycles. The van der Waals surface area contributed by atoms with Crippen molar-refractivity contribution in [1.82, 2.24) is 24.6 Å². The standard InChI is InChI=1S/C18H19F3N6O2/c1-11-6-12(7-23-16(11)29-10-18(19,20)21)8-27-9-13-14(25-27)4-5-22-15(13)24-17(28)26(2)3/h4-7,9H,8,10H2,1-3H3,(H,22,24,28). The van der Waals surface area contributed by atoms with Gasteiger partial charge in [0.05, 0.1) is 17.4 Å². The van der Waals surface area contributed by atoms with E-state index in [1.807, 2.05) is 0 Å². The van der Waals surface area contributed by atoms with E-state index in [-0.39, 0.29) is 11.9 Å². The number of hydrogen-bond acceptors (Lipinski definition) is 5. The molecule has 0 radical (unpaired) electrons. The first-order valence-electron chi connectivity index (χ1n) is 8.58. The molecular formula is C18H19F3N6O2. The summed E-state index contributed by atoms with van der Waals surface area (Å²) in [5, 5.41) is 7.82. The fraction of sp³-hybridized carbons (Fsp3) is 0.333. The van der Waals surface area contributed by atoms with E-state index in [1.165, 1.54) is 11.1 Å². The van der Waals surface area contributed by atoms with Crippen molar-refractivity contribution in [3.8, 4) is 5.88 Å². The summed E-state index contributed by atoms with van der Waals surface area (Å²) in [6, 6.07) is 3.10. The molecule has 154 valence electrons. The Hall–Kier alpha value is -3.37. The van der Waals surface area contributed by atoms with Crippen LogP contribution in [0.25, 0.3) is 10.9 Å². The SMILES string of the molecule is Cc1cc(Cn2cc3c(NC(=O)N(C)C)nccc3n2)cnc1OCC(F)(F)F. The highest BCUT2D eigenvalue weighted by molar-refractivity contribution is 5.98. The normalized spacial score (nSPS) is 11.5. The highest BCUT2D eigenvalue weighted by atomic mass is 19.4. The number of aryl methyl sites for hydroxylation is 1. The van der Waals surface area contributed by atoms with Crippen LogP contribution in [0.4, 0.5) is 23.8 Å². The Labute approximate surface area is 164 Å². The molecule has 3 heterocycles. The number of anilines is 1. The van der Waals surface area contributed by atoms with Gasteiger partial charge in [-0.15, -0.1) is 0 Å². The third kappa shape index (κ3) is 5.12. The summed E-state index contributed by atoms with van der Waals surface area (Å²) in [5.74, 6) is 0.326. The maximum Gasteiger partial charge on any atom is 0.422 e. The summed E-state index contributed by atoms with van der Waals surface area (Å²) in [4.78, 5) is 21.4. The second kappa shape index (κ2) is 7.94. The first-order chi connectivity index (χ1) is 13.6. The zero-order chi connectivity index (χ0) is 21.2. The Bertz CT molecular complexity index is 1030. The third-order valence-corrected chi connectivity index (χ3v) is 3.92. The Kier molecular flexibility index (Phi) is 5.57. The van der Waals surface area contributed by atoms with E-state index >= 15 is 0 Å². The van der Waals surface area contributed by atoms with Gasteiger partial charge in [0.25, 0.3) is 0 Å². The summed E-state index contributed by atoms with van der Waals surface area (Å²) in [7, 11) is 3.24. The number of aromatic nitrogens is 4. The van der Waals surface area contributed by atoms with Crippen LogP contribution in [0, 0.1) is 6.92 Å². The Balaban J connectivity index is 1.78. The van der Waals surface area contributed by atoms with E-state index < -0.39 is 12.8 Å². The van der Waals surface area contributed by atoms with Crippen molar-refractivity contribution in [1.29, 1.82) is 0 Å². The van der Waals surface area contributed by atoms with Gasteiger partial charge < -0.3 is 9.64 Å². The highest BCUT2D eigenvalue weighted by Crippen LogP contribution is 2.23. The molecule has 0 saturated heterocycles. The van der Waals surface area contributed by atoms with Gasteiger partial charge in [-0.1, -0.05) is 0 Å². The van der Waals surface area contributed by atoms with Crippen molar-refractivity contribution in [3.05, 3.63) is 41.9 Å². The zero-order valence-corrected chi connectivity index (χ0v) is 16.0. The van der Waals surface area contributed by atoms with E-state index in [4.69, 9.17) is 4.74 Å². The van der Waals surface area contributed by atoms with Crippen LogP contribution in [-0.4, -0.2) is 57.6 Å². The Morgan fingerprint density at radius 1 is 1.31 bits per heavy atom. The maximum atomic E-state index is 12.3. The van der Waals surface area contributed by atoms with Gasteiger partial charge in [0.1, 0.15) is 5.82 Å². The van der Waals surface area contributed by atoms with Crippen LogP contribution in [0.2, 0.25) is 0 Å². The molecule has 1 N–H and O–H groups in total. The minimum absolute atomic E-state index is 0.0606. The van der Waals surface area contributed by atoms with E-state index in [2.05, 4.69) is 20.4 Å². The Morgan fingerprint density at radius 3 is 2.72 bits per heavy atom. The van der Waals surface area contributed by atoms with Crippen molar-refractivity contribution in [2.24, 2.45) is 0 Å².